The van der Waals surface area contributed by atoms with Crippen molar-refractivity contribution in [1.29, 1.82) is 0 Å². The van der Waals surface area contributed by atoms with Gasteiger partial charge in [0.25, 0.3) is 0 Å². The van der Waals surface area contributed by atoms with Gasteiger partial charge in [0.05, 0.1) is 0 Å². The lowest BCUT2D eigenvalue weighted by atomic mass is 10.0. The first-order valence-electron chi connectivity index (χ1n) is 7.22. The van der Waals surface area contributed by atoms with Gasteiger partial charge >= 0.3 is 6.09 Å². The third kappa shape index (κ3) is 2.51. The van der Waals surface area contributed by atoms with E-state index in [0.717, 1.165) is 16.9 Å². The monoisotopic (exact) mass is 300 g/mol. The van der Waals surface area contributed by atoms with Crippen LogP contribution in [0.5, 0.6) is 0 Å². The van der Waals surface area contributed by atoms with Crippen LogP contribution in [-0.2, 0) is 9.53 Å². The Bertz CT molecular complexity index is 641. The second kappa shape index (κ2) is 5.69. The number of amides is 2. The van der Waals surface area contributed by atoms with Gasteiger partial charge < -0.3 is 4.74 Å². The number of rotatable bonds is 4. The predicted molar refractivity (Wildman–Crippen MR) is 77.6 cm³/mol. The molecule has 1 saturated heterocycles. The lowest BCUT2D eigenvalue weighted by Crippen LogP contribution is -2.41. The number of hydrogen-bond donors (Lipinski definition) is 0. The number of cyclic esters (lactones) is 1. The fourth-order valence-electron chi connectivity index (χ4n) is 2.89. The molecule has 1 aromatic carbocycles. The summed E-state index contributed by atoms with van der Waals surface area (Å²) < 4.78 is 5.04. The van der Waals surface area contributed by atoms with Gasteiger partial charge in [-0.2, -0.15) is 0 Å². The predicted octanol–water partition coefficient (Wildman–Crippen LogP) is 3.04. The van der Waals surface area contributed by atoms with Crippen LogP contribution in [0.25, 0.3) is 10.4 Å². The van der Waals surface area contributed by atoms with E-state index >= 15 is 0 Å². The van der Waals surface area contributed by atoms with Crippen molar-refractivity contribution >= 4 is 12.0 Å². The van der Waals surface area contributed by atoms with Gasteiger partial charge in [-0.1, -0.05) is 42.4 Å². The van der Waals surface area contributed by atoms with E-state index < -0.39 is 24.1 Å². The average Bonchev–Trinajstić information content (AvgIpc) is 3.12. The second-order valence-electron chi connectivity index (χ2n) is 5.74. The first kappa shape index (κ1) is 14.4. The summed E-state index contributed by atoms with van der Waals surface area (Å²) in [4.78, 5) is 28.6. The number of azide groups is 1. The third-order valence-electron chi connectivity index (χ3n) is 4.30. The van der Waals surface area contributed by atoms with Crippen LogP contribution in [0, 0.1) is 11.8 Å². The molecule has 0 bridgehead atoms. The van der Waals surface area contributed by atoms with Crippen molar-refractivity contribution in [2.75, 3.05) is 6.61 Å². The van der Waals surface area contributed by atoms with E-state index in [1.54, 1.807) is 0 Å². The molecular weight excluding hydrogens is 284 g/mol. The molecule has 7 heteroatoms. The minimum absolute atomic E-state index is 0.00761. The third-order valence-corrected chi connectivity index (χ3v) is 4.30. The molecule has 2 amide bonds. The van der Waals surface area contributed by atoms with Gasteiger partial charge in [-0.25, -0.2) is 9.69 Å². The van der Waals surface area contributed by atoms with Crippen LogP contribution in [0.3, 0.4) is 0 Å². The maximum Gasteiger partial charge on any atom is 0.417 e. The number of imide groups is 1. The maximum absolute atomic E-state index is 12.7. The fourth-order valence-corrected chi connectivity index (χ4v) is 2.89. The first-order valence-corrected chi connectivity index (χ1v) is 7.22. The molecule has 0 N–H and O–H groups in total. The summed E-state index contributed by atoms with van der Waals surface area (Å²) in [7, 11) is 0. The smallest absolute Gasteiger partial charge is 0.417 e. The number of hydrogen-bond acceptors (Lipinski definition) is 4. The Morgan fingerprint density at radius 2 is 2.14 bits per heavy atom. The number of benzene rings is 1. The highest BCUT2D eigenvalue weighted by Gasteiger charge is 2.48. The molecule has 1 aromatic rings. The lowest BCUT2D eigenvalue weighted by molar-refractivity contribution is -0.131. The quantitative estimate of drug-likeness (QED) is 0.485. The Labute approximate surface area is 127 Å². The van der Waals surface area contributed by atoms with Gasteiger partial charge in [0.15, 0.2) is 0 Å². The van der Waals surface area contributed by atoms with Crippen molar-refractivity contribution < 1.29 is 14.3 Å². The molecule has 2 aliphatic rings. The van der Waals surface area contributed by atoms with E-state index in [0.29, 0.717) is 5.92 Å². The van der Waals surface area contributed by atoms with Crippen LogP contribution in [-0.4, -0.2) is 29.5 Å². The van der Waals surface area contributed by atoms with Crippen molar-refractivity contribution in [3.05, 3.63) is 46.3 Å². The Morgan fingerprint density at radius 1 is 1.45 bits per heavy atom. The van der Waals surface area contributed by atoms with Crippen LogP contribution in [0.2, 0.25) is 0 Å². The van der Waals surface area contributed by atoms with Gasteiger partial charge in [0.2, 0.25) is 5.91 Å². The van der Waals surface area contributed by atoms with Crippen molar-refractivity contribution in [1.82, 2.24) is 4.90 Å². The summed E-state index contributed by atoms with van der Waals surface area (Å²) in [5.74, 6) is -0.134. The highest BCUT2D eigenvalue weighted by molar-refractivity contribution is 5.97. The van der Waals surface area contributed by atoms with Crippen LogP contribution in [0.4, 0.5) is 4.79 Å². The largest absolute Gasteiger partial charge is 0.446 e. The molecule has 0 spiro atoms. The van der Waals surface area contributed by atoms with E-state index in [2.05, 4.69) is 10.0 Å². The summed E-state index contributed by atoms with van der Waals surface area (Å²) in [6.07, 6.45) is 0.152. The first-order chi connectivity index (χ1) is 10.6. The standard InChI is InChI=1S/C15H16N4O3/c1-9-7-11(9)13(17-18-16)14(20)19-12(8-22-15(19)21)10-5-3-2-4-6-10/h2-6,9,11-13H,7-8H2,1H3/t9?,11?,12-,13-/m0/s1. The van der Waals surface area contributed by atoms with Gasteiger partial charge in [0, 0.05) is 4.91 Å². The summed E-state index contributed by atoms with van der Waals surface area (Å²) >= 11 is 0. The summed E-state index contributed by atoms with van der Waals surface area (Å²) in [5.41, 5.74) is 9.54. The van der Waals surface area contributed by atoms with Crippen LogP contribution in [0.1, 0.15) is 24.9 Å². The minimum atomic E-state index is -0.836. The normalized spacial score (nSPS) is 27.8. The Kier molecular flexibility index (Phi) is 3.73. The number of carbonyl (C=O) groups excluding carboxylic acids is 2. The molecule has 1 heterocycles. The zero-order chi connectivity index (χ0) is 15.7. The summed E-state index contributed by atoms with van der Waals surface area (Å²) in [6, 6.07) is 7.93. The Hall–Kier alpha value is -2.53. The molecular formula is C15H16N4O3. The van der Waals surface area contributed by atoms with E-state index in [9.17, 15) is 9.59 Å². The minimum Gasteiger partial charge on any atom is -0.446 e. The van der Waals surface area contributed by atoms with Crippen molar-refractivity contribution in [3.8, 4) is 0 Å². The lowest BCUT2D eigenvalue weighted by Gasteiger charge is -2.23. The Morgan fingerprint density at radius 3 is 2.73 bits per heavy atom. The SMILES string of the molecule is CC1CC1[C@H](N=[N+]=[N-])C(=O)N1C(=O)OC[C@H]1c1ccccc1. The van der Waals surface area contributed by atoms with Gasteiger partial charge in [-0.3, -0.25) is 4.79 Å². The molecule has 22 heavy (non-hydrogen) atoms. The fraction of sp³-hybridized carbons (Fsp3) is 0.467. The highest BCUT2D eigenvalue weighted by Crippen LogP contribution is 2.43. The van der Waals surface area contributed by atoms with E-state index in [4.69, 9.17) is 10.3 Å². The molecule has 2 fully saturated rings. The summed E-state index contributed by atoms with van der Waals surface area (Å²) in [5, 5.41) is 3.63. The number of ether oxygens (including phenoxy) is 1. The average molecular weight is 300 g/mol. The molecule has 2 unspecified atom stereocenters. The van der Waals surface area contributed by atoms with Crippen molar-refractivity contribution in [2.24, 2.45) is 17.0 Å². The molecule has 0 radical (unpaired) electrons. The van der Waals surface area contributed by atoms with Crippen LogP contribution in [0.15, 0.2) is 35.4 Å². The molecule has 0 aromatic heterocycles. The van der Waals surface area contributed by atoms with E-state index in [1.165, 1.54) is 0 Å². The molecule has 7 nitrogen and oxygen atoms in total. The van der Waals surface area contributed by atoms with E-state index in [1.807, 2.05) is 37.3 Å². The van der Waals surface area contributed by atoms with Gasteiger partial charge in [0.1, 0.15) is 18.7 Å². The van der Waals surface area contributed by atoms with Crippen molar-refractivity contribution in [3.63, 3.8) is 0 Å². The zero-order valence-corrected chi connectivity index (χ0v) is 12.1. The molecule has 3 rings (SSSR count). The molecule has 114 valence electrons. The highest BCUT2D eigenvalue weighted by atomic mass is 16.6. The van der Waals surface area contributed by atoms with Crippen LogP contribution >= 0.6 is 0 Å². The van der Waals surface area contributed by atoms with E-state index in [-0.39, 0.29) is 12.5 Å². The molecule has 1 aliphatic carbocycles. The Balaban J connectivity index is 1.88. The number of carbonyl (C=O) groups is 2. The maximum atomic E-state index is 12.7. The van der Waals surface area contributed by atoms with Gasteiger partial charge in [-0.05, 0) is 29.4 Å². The van der Waals surface area contributed by atoms with Gasteiger partial charge in [-0.15, -0.1) is 0 Å². The number of nitrogens with zero attached hydrogens (tertiary/aromatic N) is 4. The zero-order valence-electron chi connectivity index (χ0n) is 12.1. The topological polar surface area (TPSA) is 95.4 Å². The molecule has 4 atom stereocenters. The summed E-state index contributed by atoms with van der Waals surface area (Å²) in [6.45, 7) is 2.12. The second-order valence-corrected chi connectivity index (χ2v) is 5.74. The van der Waals surface area contributed by atoms with Crippen LogP contribution < -0.4 is 0 Å². The molecule has 1 saturated carbocycles. The molecule has 1 aliphatic heterocycles. The van der Waals surface area contributed by atoms with Crippen molar-refractivity contribution in [2.45, 2.75) is 25.4 Å².